The number of hydrogen-bond donors (Lipinski definition) is 0. The lowest BCUT2D eigenvalue weighted by molar-refractivity contribution is -0.283. The third-order valence-electron chi connectivity index (χ3n) is 4.23. The van der Waals surface area contributed by atoms with Crippen LogP contribution < -0.4 is 4.74 Å². The molecule has 0 saturated carbocycles. The van der Waals surface area contributed by atoms with Gasteiger partial charge in [-0.3, -0.25) is 19.2 Å². The van der Waals surface area contributed by atoms with Crippen molar-refractivity contribution in [1.29, 1.82) is 0 Å². The minimum absolute atomic E-state index is 0.197. The predicted molar refractivity (Wildman–Crippen MR) is 99.7 cm³/mol. The summed E-state index contributed by atoms with van der Waals surface area (Å²) >= 11 is 0. The summed E-state index contributed by atoms with van der Waals surface area (Å²) in [6.07, 6.45) is -8.67. The van der Waals surface area contributed by atoms with E-state index in [1.165, 1.54) is 0 Å². The van der Waals surface area contributed by atoms with Gasteiger partial charge in [-0.1, -0.05) is 0 Å². The minimum Gasteiger partial charge on any atom is -0.467 e. The summed E-state index contributed by atoms with van der Waals surface area (Å²) < 4.78 is 59.2. The number of hydrogen-bond acceptors (Lipinski definition) is 11. The molecule has 0 N–H and O–H groups in total. The van der Waals surface area contributed by atoms with Crippen molar-refractivity contribution in [1.82, 2.24) is 0 Å². The van der Waals surface area contributed by atoms with E-state index in [-0.39, 0.29) is 11.8 Å². The number of methoxy groups -OCH3 is 1. The summed E-state index contributed by atoms with van der Waals surface area (Å²) in [5.41, 5.74) is -0.335. The average molecular weight is 474 g/mol. The molecule has 11 nitrogen and oxygen atoms in total. The Morgan fingerprint density at radius 3 is 1.82 bits per heavy atom. The second-order valence-corrected chi connectivity index (χ2v) is 6.72. The van der Waals surface area contributed by atoms with Crippen LogP contribution in [-0.4, -0.2) is 68.0 Å². The summed E-state index contributed by atoms with van der Waals surface area (Å²) in [5.74, 6) is -7.61. The fraction of sp³-hybridized carbons (Fsp3) is 0.450. The van der Waals surface area contributed by atoms with Gasteiger partial charge in [0.05, 0.1) is 7.11 Å². The smallest absolute Gasteiger partial charge is 0.339 e. The Kier molecular flexibility index (Phi) is 8.40. The van der Waals surface area contributed by atoms with Gasteiger partial charge in [-0.05, 0) is 12.1 Å². The van der Waals surface area contributed by atoms with Crippen molar-refractivity contribution in [2.75, 3.05) is 7.11 Å². The van der Waals surface area contributed by atoms with E-state index in [0.29, 0.717) is 12.1 Å². The number of aldehydes is 1. The zero-order chi connectivity index (χ0) is 24.9. The highest BCUT2D eigenvalue weighted by Gasteiger charge is 2.56. The summed E-state index contributed by atoms with van der Waals surface area (Å²) in [6, 6.07) is 1.33. The molecule has 0 unspecified atom stereocenters. The Bertz CT molecular complexity index is 925. The Labute approximate surface area is 185 Å². The van der Waals surface area contributed by atoms with Crippen molar-refractivity contribution >= 4 is 30.2 Å². The van der Waals surface area contributed by atoms with Crippen LogP contribution in [0.15, 0.2) is 12.1 Å². The molecule has 1 aromatic rings. The molecular weight excluding hydrogens is 454 g/mol. The molecule has 1 fully saturated rings. The first-order valence-corrected chi connectivity index (χ1v) is 9.34. The van der Waals surface area contributed by atoms with Gasteiger partial charge in [0.1, 0.15) is 6.29 Å². The lowest BCUT2D eigenvalue weighted by atomic mass is 9.97. The standard InChI is InChI=1S/C20H20F2O11/c1-8(24)29-15-16(30-9(2)25)18(31-10(3)26)20(33-17(15)19(27)28-4)32-14-12(21)5-11(7-23)6-13(14)22/h5-7,15-18,20H,1-4H3/t15-,16-,17-,18+,20+/m0/s1. The van der Waals surface area contributed by atoms with Gasteiger partial charge in [-0.25, -0.2) is 13.6 Å². The highest BCUT2D eigenvalue weighted by Crippen LogP contribution is 2.33. The maximum atomic E-state index is 14.4. The molecule has 0 radical (unpaired) electrons. The molecule has 1 heterocycles. The second kappa shape index (κ2) is 10.8. The van der Waals surface area contributed by atoms with Crippen LogP contribution in [0.1, 0.15) is 31.1 Å². The first-order valence-electron chi connectivity index (χ1n) is 9.34. The van der Waals surface area contributed by atoms with Crippen LogP contribution in [0.2, 0.25) is 0 Å². The molecule has 1 saturated heterocycles. The van der Waals surface area contributed by atoms with Crippen molar-refractivity contribution in [3.05, 3.63) is 29.3 Å². The molecule has 0 bridgehead atoms. The molecule has 0 aliphatic carbocycles. The van der Waals surface area contributed by atoms with E-state index in [4.69, 9.17) is 23.7 Å². The van der Waals surface area contributed by atoms with E-state index in [2.05, 4.69) is 4.74 Å². The number of esters is 4. The van der Waals surface area contributed by atoms with Gasteiger partial charge in [-0.15, -0.1) is 0 Å². The Morgan fingerprint density at radius 1 is 0.879 bits per heavy atom. The molecule has 180 valence electrons. The Morgan fingerprint density at radius 2 is 1.36 bits per heavy atom. The molecule has 0 spiro atoms. The van der Waals surface area contributed by atoms with E-state index < -0.39 is 72.0 Å². The van der Waals surface area contributed by atoms with Crippen molar-refractivity contribution < 1.29 is 61.2 Å². The van der Waals surface area contributed by atoms with Gasteiger partial charge in [0, 0.05) is 26.3 Å². The van der Waals surface area contributed by atoms with Gasteiger partial charge in [0.15, 0.2) is 35.7 Å². The van der Waals surface area contributed by atoms with Crippen LogP contribution in [0.25, 0.3) is 0 Å². The van der Waals surface area contributed by atoms with Gasteiger partial charge in [0.25, 0.3) is 0 Å². The van der Waals surface area contributed by atoms with Crippen molar-refractivity contribution in [3.63, 3.8) is 0 Å². The molecule has 33 heavy (non-hydrogen) atoms. The number of carbonyl (C=O) groups is 5. The molecule has 0 aromatic heterocycles. The largest absolute Gasteiger partial charge is 0.467 e. The monoisotopic (exact) mass is 474 g/mol. The summed E-state index contributed by atoms with van der Waals surface area (Å²) in [4.78, 5) is 58.1. The van der Waals surface area contributed by atoms with Crippen molar-refractivity contribution in [3.8, 4) is 5.75 Å². The summed E-state index contributed by atoms with van der Waals surface area (Å²) in [7, 11) is 0.975. The van der Waals surface area contributed by atoms with Crippen LogP contribution in [-0.2, 0) is 42.9 Å². The zero-order valence-corrected chi connectivity index (χ0v) is 17.9. The highest BCUT2D eigenvalue weighted by atomic mass is 19.1. The fourth-order valence-electron chi connectivity index (χ4n) is 3.05. The summed E-state index contributed by atoms with van der Waals surface area (Å²) in [6.45, 7) is 2.93. The number of carbonyl (C=O) groups excluding carboxylic acids is 5. The van der Waals surface area contributed by atoms with E-state index in [1.54, 1.807) is 0 Å². The Hall–Kier alpha value is -3.61. The zero-order valence-electron chi connectivity index (χ0n) is 17.9. The van der Waals surface area contributed by atoms with Gasteiger partial charge in [-0.2, -0.15) is 0 Å². The number of halogens is 2. The molecule has 13 heteroatoms. The van der Waals surface area contributed by atoms with E-state index in [1.807, 2.05) is 0 Å². The Balaban J connectivity index is 2.58. The van der Waals surface area contributed by atoms with Gasteiger partial charge in [0.2, 0.25) is 12.4 Å². The van der Waals surface area contributed by atoms with Crippen molar-refractivity contribution in [2.45, 2.75) is 51.5 Å². The third kappa shape index (κ3) is 6.22. The molecular formula is C20H20F2O11. The van der Waals surface area contributed by atoms with Crippen LogP contribution in [0.3, 0.4) is 0 Å². The van der Waals surface area contributed by atoms with Gasteiger partial charge < -0.3 is 28.4 Å². The summed E-state index contributed by atoms with van der Waals surface area (Å²) in [5, 5.41) is 0. The highest BCUT2D eigenvalue weighted by molar-refractivity contribution is 5.77. The number of rotatable bonds is 7. The first kappa shape index (κ1) is 25.6. The van der Waals surface area contributed by atoms with Crippen molar-refractivity contribution in [2.24, 2.45) is 0 Å². The van der Waals surface area contributed by atoms with E-state index in [9.17, 15) is 32.8 Å². The van der Waals surface area contributed by atoms with Crippen LogP contribution in [0.4, 0.5) is 8.78 Å². The minimum atomic E-state index is -1.94. The van der Waals surface area contributed by atoms with E-state index in [0.717, 1.165) is 27.9 Å². The van der Waals surface area contributed by atoms with Crippen LogP contribution in [0, 0.1) is 11.6 Å². The molecule has 0 amide bonds. The number of ether oxygens (including phenoxy) is 6. The lowest BCUT2D eigenvalue weighted by Gasteiger charge is -2.43. The fourth-order valence-corrected chi connectivity index (χ4v) is 3.05. The van der Waals surface area contributed by atoms with Crippen LogP contribution in [0.5, 0.6) is 5.75 Å². The maximum absolute atomic E-state index is 14.4. The van der Waals surface area contributed by atoms with E-state index >= 15 is 0 Å². The quantitative estimate of drug-likeness (QED) is 0.315. The predicted octanol–water partition coefficient (Wildman–Crippen LogP) is 0.849. The second-order valence-electron chi connectivity index (χ2n) is 6.72. The third-order valence-corrected chi connectivity index (χ3v) is 4.23. The average Bonchev–Trinajstić information content (AvgIpc) is 2.72. The number of benzene rings is 1. The topological polar surface area (TPSA) is 141 Å². The van der Waals surface area contributed by atoms with Gasteiger partial charge >= 0.3 is 23.9 Å². The molecule has 1 aromatic carbocycles. The molecule has 1 aliphatic rings. The first-order chi connectivity index (χ1) is 15.5. The molecule has 5 atom stereocenters. The lowest BCUT2D eigenvalue weighted by Crippen LogP contribution is -2.64. The maximum Gasteiger partial charge on any atom is 0.339 e. The SMILES string of the molecule is COC(=O)[C@H]1O[C@@H](Oc2c(F)cc(C=O)cc2F)[C@H](OC(C)=O)[C@@H](OC(C)=O)[C@@H]1OC(C)=O. The normalized spacial score (nSPS) is 24.2. The van der Waals surface area contributed by atoms with Crippen LogP contribution >= 0.6 is 0 Å². The molecule has 1 aliphatic heterocycles. The molecule has 2 rings (SSSR count).